The van der Waals surface area contributed by atoms with Gasteiger partial charge in [-0.25, -0.2) is 4.39 Å². The third kappa shape index (κ3) is 2.78. The largest absolute Gasteiger partial charge is 0.326 e. The second-order valence-corrected chi connectivity index (χ2v) is 6.18. The lowest BCUT2D eigenvalue weighted by Gasteiger charge is -2.34. The molecule has 2 atom stereocenters. The predicted molar refractivity (Wildman–Crippen MR) is 75.7 cm³/mol. The van der Waals surface area contributed by atoms with Crippen molar-refractivity contribution >= 4 is 11.6 Å². The summed E-state index contributed by atoms with van der Waals surface area (Å²) in [5, 5.41) is 0.587. The van der Waals surface area contributed by atoms with Crippen LogP contribution in [0.4, 0.5) is 4.39 Å². The molecule has 2 N–H and O–H groups in total. The number of nitrogens with two attached hydrogens (primary N) is 1. The molecule has 104 valence electrons. The second-order valence-electron chi connectivity index (χ2n) is 5.74. The molecule has 2 aliphatic rings. The topological polar surface area (TPSA) is 29.3 Å². The van der Waals surface area contributed by atoms with Crippen molar-refractivity contribution in [3.8, 4) is 0 Å². The number of halogens is 2. The Kier molecular flexibility index (Phi) is 3.79. The maximum absolute atomic E-state index is 14.2. The molecule has 1 aromatic rings. The van der Waals surface area contributed by atoms with Crippen LogP contribution in [0.15, 0.2) is 18.2 Å². The van der Waals surface area contributed by atoms with Gasteiger partial charge in [-0.2, -0.15) is 0 Å². The number of hydrogen-bond acceptors (Lipinski definition) is 2. The summed E-state index contributed by atoms with van der Waals surface area (Å²) < 4.78 is 14.2. The highest BCUT2D eigenvalue weighted by atomic mass is 35.5. The van der Waals surface area contributed by atoms with E-state index < -0.39 is 0 Å². The molecule has 2 nitrogen and oxygen atoms in total. The van der Waals surface area contributed by atoms with Crippen molar-refractivity contribution in [1.29, 1.82) is 0 Å². The Hall–Kier alpha value is -0.640. The van der Waals surface area contributed by atoms with E-state index in [1.54, 1.807) is 12.1 Å². The van der Waals surface area contributed by atoms with E-state index in [4.69, 9.17) is 17.3 Å². The van der Waals surface area contributed by atoms with Gasteiger partial charge in [0.05, 0.1) is 6.04 Å². The molecular weight excluding hydrogens is 263 g/mol. The first-order valence-corrected chi connectivity index (χ1v) is 7.51. The fourth-order valence-electron chi connectivity index (χ4n) is 3.18. The van der Waals surface area contributed by atoms with Gasteiger partial charge >= 0.3 is 0 Å². The van der Waals surface area contributed by atoms with Crippen LogP contribution in [0.3, 0.4) is 0 Å². The van der Waals surface area contributed by atoms with Crippen LogP contribution >= 0.6 is 11.6 Å². The van der Waals surface area contributed by atoms with Crippen LogP contribution in [0.1, 0.15) is 43.7 Å². The van der Waals surface area contributed by atoms with Crippen LogP contribution in [0.25, 0.3) is 0 Å². The van der Waals surface area contributed by atoms with Gasteiger partial charge in [-0.1, -0.05) is 18.0 Å². The molecule has 19 heavy (non-hydrogen) atoms. The maximum Gasteiger partial charge on any atom is 0.128 e. The minimum atomic E-state index is -0.183. The smallest absolute Gasteiger partial charge is 0.128 e. The number of benzene rings is 1. The van der Waals surface area contributed by atoms with Gasteiger partial charge in [-0.3, -0.25) is 4.90 Å². The summed E-state index contributed by atoms with van der Waals surface area (Å²) in [5.41, 5.74) is 7.01. The van der Waals surface area contributed by atoms with Crippen molar-refractivity contribution in [3.05, 3.63) is 34.6 Å². The molecule has 0 bridgehead atoms. The average Bonchev–Trinajstić information content (AvgIpc) is 3.19. The van der Waals surface area contributed by atoms with E-state index in [2.05, 4.69) is 4.90 Å². The molecule has 4 heteroatoms. The maximum atomic E-state index is 14.2. The molecule has 2 unspecified atom stereocenters. The summed E-state index contributed by atoms with van der Waals surface area (Å²) >= 11 is 6.04. The molecule has 0 spiro atoms. The van der Waals surface area contributed by atoms with Gasteiger partial charge in [0.1, 0.15) is 5.82 Å². The molecule has 1 heterocycles. The van der Waals surface area contributed by atoms with Gasteiger partial charge < -0.3 is 5.73 Å². The van der Waals surface area contributed by atoms with E-state index in [0.29, 0.717) is 16.6 Å². The summed E-state index contributed by atoms with van der Waals surface area (Å²) in [5.74, 6) is -0.183. The molecule has 2 fully saturated rings. The van der Waals surface area contributed by atoms with E-state index in [1.165, 1.54) is 18.9 Å². The molecular formula is C15H20ClFN2. The van der Waals surface area contributed by atoms with E-state index in [0.717, 1.165) is 25.8 Å². The van der Waals surface area contributed by atoms with E-state index >= 15 is 0 Å². The van der Waals surface area contributed by atoms with Gasteiger partial charge in [-0.05, 0) is 50.4 Å². The molecule has 1 aliphatic carbocycles. The fraction of sp³-hybridized carbons (Fsp3) is 0.600. The minimum Gasteiger partial charge on any atom is -0.326 e. The van der Waals surface area contributed by atoms with Crippen molar-refractivity contribution in [2.24, 2.45) is 5.73 Å². The molecule has 1 aliphatic heterocycles. The normalized spacial score (nSPS) is 29.2. The van der Waals surface area contributed by atoms with Crippen molar-refractivity contribution in [1.82, 2.24) is 4.90 Å². The van der Waals surface area contributed by atoms with Crippen LogP contribution in [0.2, 0.25) is 5.02 Å². The van der Waals surface area contributed by atoms with Crippen LogP contribution in [0.5, 0.6) is 0 Å². The lowest BCUT2D eigenvalue weighted by atomic mass is 9.95. The summed E-state index contributed by atoms with van der Waals surface area (Å²) in [6.45, 7) is 1.02. The Balaban J connectivity index is 1.98. The van der Waals surface area contributed by atoms with Crippen LogP contribution in [-0.2, 0) is 0 Å². The third-order valence-electron chi connectivity index (χ3n) is 4.26. The fourth-order valence-corrected chi connectivity index (χ4v) is 3.36. The Morgan fingerprint density at radius 2 is 2.00 bits per heavy atom. The summed E-state index contributed by atoms with van der Waals surface area (Å²) in [6, 6.07) is 5.38. The van der Waals surface area contributed by atoms with Gasteiger partial charge in [0, 0.05) is 22.7 Å². The second kappa shape index (κ2) is 5.39. The summed E-state index contributed by atoms with van der Waals surface area (Å²) in [4.78, 5) is 2.41. The highest BCUT2D eigenvalue weighted by molar-refractivity contribution is 6.30. The molecule has 3 rings (SSSR count). The number of rotatable bonds is 2. The summed E-state index contributed by atoms with van der Waals surface area (Å²) in [6.07, 6.45) is 5.67. The number of likely N-dealkylation sites (tertiary alicyclic amines) is 1. The van der Waals surface area contributed by atoms with Crippen molar-refractivity contribution in [3.63, 3.8) is 0 Å². The zero-order chi connectivity index (χ0) is 13.4. The first kappa shape index (κ1) is 13.3. The standard InChI is InChI=1S/C15H20ClFN2/c16-10-4-7-13(17)12(9-10)15-14(18)3-1-2-8-19(15)11-5-6-11/h4,7,9,11,14-15H,1-3,5-6,8,18H2. The lowest BCUT2D eigenvalue weighted by molar-refractivity contribution is 0.172. The van der Waals surface area contributed by atoms with E-state index in [9.17, 15) is 4.39 Å². The van der Waals surface area contributed by atoms with Gasteiger partial charge in [0.2, 0.25) is 0 Å². The molecule has 1 aromatic carbocycles. The van der Waals surface area contributed by atoms with Crippen LogP contribution in [-0.4, -0.2) is 23.5 Å². The quantitative estimate of drug-likeness (QED) is 0.900. The van der Waals surface area contributed by atoms with Crippen LogP contribution < -0.4 is 5.73 Å². The molecule has 1 saturated carbocycles. The van der Waals surface area contributed by atoms with E-state index in [-0.39, 0.29) is 17.9 Å². The predicted octanol–water partition coefficient (Wildman–Crippen LogP) is 3.50. The molecule has 0 aromatic heterocycles. The minimum absolute atomic E-state index is 0.00364. The SMILES string of the molecule is NC1CCCCN(C2CC2)C1c1cc(Cl)ccc1F. The monoisotopic (exact) mass is 282 g/mol. The molecule has 0 amide bonds. The highest BCUT2D eigenvalue weighted by Crippen LogP contribution is 2.39. The van der Waals surface area contributed by atoms with E-state index in [1.807, 2.05) is 0 Å². The Morgan fingerprint density at radius 1 is 1.21 bits per heavy atom. The average molecular weight is 283 g/mol. The zero-order valence-corrected chi connectivity index (χ0v) is 11.7. The van der Waals surface area contributed by atoms with Gasteiger partial charge in [0.15, 0.2) is 0 Å². The number of hydrogen-bond donors (Lipinski definition) is 1. The highest BCUT2D eigenvalue weighted by Gasteiger charge is 2.39. The van der Waals surface area contributed by atoms with Gasteiger partial charge in [-0.15, -0.1) is 0 Å². The zero-order valence-electron chi connectivity index (χ0n) is 11.0. The summed E-state index contributed by atoms with van der Waals surface area (Å²) in [7, 11) is 0. The van der Waals surface area contributed by atoms with Gasteiger partial charge in [0.25, 0.3) is 0 Å². The third-order valence-corrected chi connectivity index (χ3v) is 4.49. The Labute approximate surface area is 118 Å². The Bertz CT molecular complexity index is 461. The first-order chi connectivity index (χ1) is 9.16. The molecule has 0 radical (unpaired) electrons. The van der Waals surface area contributed by atoms with Crippen molar-refractivity contribution < 1.29 is 4.39 Å². The van der Waals surface area contributed by atoms with Crippen LogP contribution in [0, 0.1) is 5.82 Å². The lowest BCUT2D eigenvalue weighted by Crippen LogP contribution is -2.41. The van der Waals surface area contributed by atoms with Crippen molar-refractivity contribution in [2.75, 3.05) is 6.54 Å². The Morgan fingerprint density at radius 3 is 2.74 bits per heavy atom. The molecule has 1 saturated heterocycles. The first-order valence-electron chi connectivity index (χ1n) is 7.13. The van der Waals surface area contributed by atoms with Crippen molar-refractivity contribution in [2.45, 2.75) is 50.2 Å². The number of nitrogens with zero attached hydrogens (tertiary/aromatic N) is 1.